The Morgan fingerprint density at radius 3 is 2.55 bits per heavy atom. The van der Waals surface area contributed by atoms with Crippen LogP contribution in [-0.2, 0) is 4.79 Å². The zero-order valence-corrected chi connectivity index (χ0v) is 12.9. The summed E-state index contributed by atoms with van der Waals surface area (Å²) in [5.41, 5.74) is 5.83. The van der Waals surface area contributed by atoms with Gasteiger partial charge in [0, 0.05) is 10.6 Å². The molecule has 0 aliphatic carbocycles. The molecule has 1 aromatic carbocycles. The Balaban J connectivity index is 1.99. The van der Waals surface area contributed by atoms with Crippen LogP contribution in [0, 0.1) is 0 Å². The summed E-state index contributed by atoms with van der Waals surface area (Å²) in [5.74, 6) is 0.502. The molecule has 1 heterocycles. The van der Waals surface area contributed by atoms with Crippen molar-refractivity contribution in [2.45, 2.75) is 12.5 Å². The molecule has 4 N–H and O–H groups in total. The van der Waals surface area contributed by atoms with Gasteiger partial charge < -0.3 is 21.1 Å². The van der Waals surface area contributed by atoms with Crippen molar-refractivity contribution in [1.82, 2.24) is 5.32 Å². The summed E-state index contributed by atoms with van der Waals surface area (Å²) < 4.78 is 5.06. The summed E-state index contributed by atoms with van der Waals surface area (Å²) in [4.78, 5) is 24.1. The highest BCUT2D eigenvalue weighted by Gasteiger charge is 2.18. The second-order valence-electron chi connectivity index (χ2n) is 4.56. The Bertz CT molecular complexity index is 626. The Labute approximate surface area is 132 Å². The predicted molar refractivity (Wildman–Crippen MR) is 86.0 cm³/mol. The summed E-state index contributed by atoms with van der Waals surface area (Å²) in [7, 11) is 1.58. The molecule has 2 aromatic rings. The molecule has 6 nitrogen and oxygen atoms in total. The molecule has 7 heteroatoms. The first-order chi connectivity index (χ1) is 10.6. The first-order valence-electron chi connectivity index (χ1n) is 6.61. The molecule has 0 fully saturated rings. The van der Waals surface area contributed by atoms with Crippen LogP contribution in [0.25, 0.3) is 0 Å². The lowest BCUT2D eigenvalue weighted by atomic mass is 10.1. The minimum absolute atomic E-state index is 0.107. The zero-order valence-electron chi connectivity index (χ0n) is 12.0. The van der Waals surface area contributed by atoms with Crippen LogP contribution in [0.5, 0.6) is 5.75 Å². The minimum atomic E-state index is -0.657. The van der Waals surface area contributed by atoms with Gasteiger partial charge in [-0.15, -0.1) is 11.3 Å². The summed E-state index contributed by atoms with van der Waals surface area (Å²) in [6.07, 6.45) is 0.107. The van der Waals surface area contributed by atoms with Gasteiger partial charge in [-0.1, -0.05) is 6.07 Å². The number of rotatable bonds is 6. The number of methoxy groups -OCH3 is 1. The molecule has 0 spiro atoms. The summed E-state index contributed by atoms with van der Waals surface area (Å²) in [6.45, 7) is 0. The Morgan fingerprint density at radius 1 is 1.27 bits per heavy atom. The number of primary amides is 1. The molecule has 1 aromatic heterocycles. The van der Waals surface area contributed by atoms with Gasteiger partial charge >= 0.3 is 6.03 Å². The monoisotopic (exact) mass is 319 g/mol. The molecule has 0 saturated carbocycles. The van der Waals surface area contributed by atoms with Crippen LogP contribution < -0.4 is 21.1 Å². The summed E-state index contributed by atoms with van der Waals surface area (Å²) in [5, 5.41) is 7.24. The number of benzene rings is 1. The van der Waals surface area contributed by atoms with Crippen molar-refractivity contribution in [3.63, 3.8) is 0 Å². The molecule has 116 valence electrons. The van der Waals surface area contributed by atoms with Crippen molar-refractivity contribution >= 4 is 29.0 Å². The molecular formula is C15H17N3O3S. The highest BCUT2D eigenvalue weighted by atomic mass is 32.1. The van der Waals surface area contributed by atoms with Crippen molar-refractivity contribution in [1.29, 1.82) is 0 Å². The fourth-order valence-corrected chi connectivity index (χ4v) is 2.73. The van der Waals surface area contributed by atoms with Gasteiger partial charge in [0.05, 0.1) is 19.6 Å². The number of anilines is 1. The van der Waals surface area contributed by atoms with E-state index in [0.717, 1.165) is 4.88 Å². The fraction of sp³-hybridized carbons (Fsp3) is 0.200. The largest absolute Gasteiger partial charge is 0.497 e. The summed E-state index contributed by atoms with van der Waals surface area (Å²) in [6, 6.07) is 9.63. The van der Waals surface area contributed by atoms with E-state index in [2.05, 4.69) is 10.6 Å². The molecule has 2 rings (SSSR count). The lowest BCUT2D eigenvalue weighted by molar-refractivity contribution is -0.116. The highest BCUT2D eigenvalue weighted by Crippen LogP contribution is 2.23. The van der Waals surface area contributed by atoms with Crippen LogP contribution >= 0.6 is 11.3 Å². The van der Waals surface area contributed by atoms with E-state index in [-0.39, 0.29) is 12.3 Å². The van der Waals surface area contributed by atoms with E-state index in [9.17, 15) is 9.59 Å². The maximum atomic E-state index is 12.1. The third-order valence-electron chi connectivity index (χ3n) is 2.97. The van der Waals surface area contributed by atoms with Crippen LogP contribution in [0.4, 0.5) is 10.5 Å². The van der Waals surface area contributed by atoms with E-state index < -0.39 is 12.1 Å². The predicted octanol–water partition coefficient (Wildman–Crippen LogP) is 2.49. The van der Waals surface area contributed by atoms with E-state index in [1.54, 1.807) is 31.4 Å². The van der Waals surface area contributed by atoms with E-state index in [0.29, 0.717) is 11.4 Å². The first-order valence-corrected chi connectivity index (χ1v) is 7.49. The van der Waals surface area contributed by atoms with Crippen molar-refractivity contribution in [2.24, 2.45) is 5.73 Å². The van der Waals surface area contributed by atoms with Crippen LogP contribution in [0.1, 0.15) is 17.3 Å². The van der Waals surface area contributed by atoms with Gasteiger partial charge in [0.2, 0.25) is 5.91 Å². The maximum absolute atomic E-state index is 12.1. The molecule has 3 amide bonds. The number of ether oxygens (including phenoxy) is 1. The normalized spacial score (nSPS) is 11.5. The molecule has 1 unspecified atom stereocenters. The van der Waals surface area contributed by atoms with Gasteiger partial charge in [-0.05, 0) is 35.7 Å². The smallest absolute Gasteiger partial charge is 0.312 e. The van der Waals surface area contributed by atoms with Crippen LogP contribution in [-0.4, -0.2) is 19.0 Å². The molecule has 0 aliphatic rings. The fourth-order valence-electron chi connectivity index (χ4n) is 1.96. The standard InChI is InChI=1S/C15H17N3O3S/c1-21-11-6-4-10(5-7-11)17-14(19)9-12(18-15(16)20)13-3-2-8-22-13/h2-8,12H,9H2,1H3,(H,17,19)(H3,16,18,20). The van der Waals surface area contributed by atoms with Gasteiger partial charge in [0.25, 0.3) is 0 Å². The average Bonchev–Trinajstić information content (AvgIpc) is 3.01. The molecule has 22 heavy (non-hydrogen) atoms. The number of carbonyl (C=O) groups is 2. The average molecular weight is 319 g/mol. The van der Waals surface area contributed by atoms with Gasteiger partial charge in [0.1, 0.15) is 5.75 Å². The first kappa shape index (κ1) is 15.8. The third kappa shape index (κ3) is 4.49. The third-order valence-corrected chi connectivity index (χ3v) is 3.95. The molecule has 0 bridgehead atoms. The lowest BCUT2D eigenvalue weighted by Crippen LogP contribution is -2.34. The Kier molecular flexibility index (Phi) is 5.37. The topological polar surface area (TPSA) is 93.4 Å². The van der Waals surface area contributed by atoms with Crippen molar-refractivity contribution < 1.29 is 14.3 Å². The van der Waals surface area contributed by atoms with E-state index in [4.69, 9.17) is 10.5 Å². The Hall–Kier alpha value is -2.54. The lowest BCUT2D eigenvalue weighted by Gasteiger charge is -2.16. The van der Waals surface area contributed by atoms with Crippen molar-refractivity contribution in [3.8, 4) is 5.75 Å². The second-order valence-corrected chi connectivity index (χ2v) is 5.54. The quantitative estimate of drug-likeness (QED) is 0.763. The van der Waals surface area contributed by atoms with Gasteiger partial charge in [-0.2, -0.15) is 0 Å². The number of thiophene rings is 1. The number of urea groups is 1. The van der Waals surface area contributed by atoms with Crippen molar-refractivity contribution in [2.75, 3.05) is 12.4 Å². The van der Waals surface area contributed by atoms with E-state index in [1.807, 2.05) is 17.5 Å². The molecule has 0 radical (unpaired) electrons. The molecule has 0 aliphatic heterocycles. The van der Waals surface area contributed by atoms with Gasteiger partial charge in [0.15, 0.2) is 0 Å². The van der Waals surface area contributed by atoms with Crippen LogP contribution in [0.2, 0.25) is 0 Å². The molecule has 1 atom stereocenters. The number of hydrogen-bond acceptors (Lipinski definition) is 4. The van der Waals surface area contributed by atoms with Gasteiger partial charge in [-0.25, -0.2) is 4.79 Å². The zero-order chi connectivity index (χ0) is 15.9. The SMILES string of the molecule is COc1ccc(NC(=O)CC(NC(N)=O)c2cccs2)cc1. The number of carbonyl (C=O) groups excluding carboxylic acids is 2. The maximum Gasteiger partial charge on any atom is 0.312 e. The Morgan fingerprint density at radius 2 is 2.00 bits per heavy atom. The van der Waals surface area contributed by atoms with Gasteiger partial charge in [-0.3, -0.25) is 4.79 Å². The number of hydrogen-bond donors (Lipinski definition) is 3. The number of nitrogens with one attached hydrogen (secondary N) is 2. The number of amides is 3. The van der Waals surface area contributed by atoms with Crippen LogP contribution in [0.15, 0.2) is 41.8 Å². The van der Waals surface area contributed by atoms with Crippen molar-refractivity contribution in [3.05, 3.63) is 46.7 Å². The van der Waals surface area contributed by atoms with E-state index >= 15 is 0 Å². The van der Waals surface area contributed by atoms with E-state index in [1.165, 1.54) is 11.3 Å². The molecule has 0 saturated heterocycles. The highest BCUT2D eigenvalue weighted by molar-refractivity contribution is 7.10. The molecular weight excluding hydrogens is 302 g/mol. The number of nitrogens with two attached hydrogens (primary N) is 1. The minimum Gasteiger partial charge on any atom is -0.497 e. The van der Waals surface area contributed by atoms with Crippen LogP contribution in [0.3, 0.4) is 0 Å². The second kappa shape index (κ2) is 7.46. The summed E-state index contributed by atoms with van der Waals surface area (Å²) >= 11 is 1.46.